The highest BCUT2D eigenvalue weighted by atomic mass is 32.2. The van der Waals surface area contributed by atoms with Gasteiger partial charge in [-0.1, -0.05) is 44.5 Å². The number of para-hydroxylation sites is 1. The number of aromatic hydroxyl groups is 1. The molecule has 0 unspecified atom stereocenters. The van der Waals surface area contributed by atoms with Gasteiger partial charge >= 0.3 is 0 Å². The van der Waals surface area contributed by atoms with Crippen LogP contribution >= 0.6 is 0 Å². The van der Waals surface area contributed by atoms with Crippen molar-refractivity contribution in [2.45, 2.75) is 44.6 Å². The average Bonchev–Trinajstić information content (AvgIpc) is 3.08. The molecule has 1 fully saturated rings. The van der Waals surface area contributed by atoms with Crippen LogP contribution < -0.4 is 0 Å². The Bertz CT molecular complexity index is 1310. The van der Waals surface area contributed by atoms with Crippen molar-refractivity contribution < 1.29 is 18.3 Å². The molecule has 1 amide bonds. The number of azo groups is 1. The number of fused-ring (bicyclic) bond motifs is 1. The van der Waals surface area contributed by atoms with Crippen LogP contribution in [-0.4, -0.2) is 41.4 Å². The summed E-state index contributed by atoms with van der Waals surface area (Å²) in [5, 5.41) is 19.3. The summed E-state index contributed by atoms with van der Waals surface area (Å²) in [6.07, 6.45) is 2.69. The van der Waals surface area contributed by atoms with Gasteiger partial charge in [-0.25, -0.2) is 8.42 Å². The minimum Gasteiger partial charge on any atom is -0.493 e. The summed E-state index contributed by atoms with van der Waals surface area (Å²) in [7, 11) is -3.66. The van der Waals surface area contributed by atoms with Crippen LogP contribution in [0.15, 0.2) is 63.7 Å². The number of nitrogens with zero attached hydrogens (tertiary/aromatic N) is 4. The van der Waals surface area contributed by atoms with Gasteiger partial charge in [0.2, 0.25) is 15.9 Å². The van der Waals surface area contributed by atoms with E-state index in [-0.39, 0.29) is 22.0 Å². The third-order valence-corrected chi connectivity index (χ3v) is 7.63. The van der Waals surface area contributed by atoms with E-state index in [1.807, 2.05) is 38.1 Å². The Morgan fingerprint density at radius 2 is 1.79 bits per heavy atom. The van der Waals surface area contributed by atoms with E-state index in [0.29, 0.717) is 30.9 Å². The van der Waals surface area contributed by atoms with Crippen LogP contribution in [0.5, 0.6) is 5.88 Å². The predicted molar refractivity (Wildman–Crippen MR) is 126 cm³/mol. The van der Waals surface area contributed by atoms with Crippen molar-refractivity contribution in [3.63, 3.8) is 0 Å². The second-order valence-corrected chi connectivity index (χ2v) is 10.6. The highest BCUT2D eigenvalue weighted by Crippen LogP contribution is 2.39. The Hall–Kier alpha value is -3.04. The normalized spacial score (nSPS) is 15.6. The molecule has 0 bridgehead atoms. The van der Waals surface area contributed by atoms with E-state index in [0.717, 1.165) is 24.8 Å². The van der Waals surface area contributed by atoms with Gasteiger partial charge in [0.15, 0.2) is 5.69 Å². The summed E-state index contributed by atoms with van der Waals surface area (Å²) in [5.41, 5.74) is 1.15. The Morgan fingerprint density at radius 3 is 2.52 bits per heavy atom. The summed E-state index contributed by atoms with van der Waals surface area (Å²) in [6.45, 7) is 5.65. The number of hydrogen-bond donors (Lipinski definition) is 1. The van der Waals surface area contributed by atoms with Gasteiger partial charge in [-0.3, -0.25) is 4.79 Å². The van der Waals surface area contributed by atoms with Crippen LogP contribution in [0.3, 0.4) is 0 Å². The molecule has 3 aromatic rings. The van der Waals surface area contributed by atoms with Crippen LogP contribution in [-0.2, 0) is 16.6 Å². The maximum atomic E-state index is 12.9. The zero-order valence-electron chi connectivity index (χ0n) is 18.8. The van der Waals surface area contributed by atoms with Crippen molar-refractivity contribution in [2.75, 3.05) is 13.1 Å². The minimum absolute atomic E-state index is 0.0529. The Kier molecular flexibility index (Phi) is 6.62. The number of rotatable bonds is 6. The standard InChI is InChI=1S/C24H28N4O4S/c1-17(2)16-28-21-12-5-4-11-20(21)22(24(28)30)25-26-23(29)18-9-8-10-19(15-18)33(31,32)27-13-6-3-7-14-27/h4-5,8-12,15,17,30H,3,6-7,13-14,16H2,1-2H3. The maximum absolute atomic E-state index is 12.9. The Balaban J connectivity index is 1.63. The Morgan fingerprint density at radius 1 is 1.06 bits per heavy atom. The molecule has 2 aromatic carbocycles. The molecule has 1 aliphatic heterocycles. The first-order valence-corrected chi connectivity index (χ1v) is 12.6. The molecule has 0 radical (unpaired) electrons. The first-order chi connectivity index (χ1) is 15.8. The molecule has 9 heteroatoms. The minimum atomic E-state index is -3.66. The largest absolute Gasteiger partial charge is 0.493 e. The van der Waals surface area contributed by atoms with Crippen LogP contribution in [0, 0.1) is 5.92 Å². The van der Waals surface area contributed by atoms with E-state index in [9.17, 15) is 18.3 Å². The highest BCUT2D eigenvalue weighted by Gasteiger charge is 2.26. The lowest BCUT2D eigenvalue weighted by Crippen LogP contribution is -2.35. The molecule has 2 heterocycles. The van der Waals surface area contributed by atoms with Crippen molar-refractivity contribution in [3.05, 3.63) is 54.1 Å². The summed E-state index contributed by atoms with van der Waals surface area (Å²) in [5.74, 6) is -0.434. The van der Waals surface area contributed by atoms with E-state index in [1.165, 1.54) is 28.6 Å². The molecule has 0 spiro atoms. The molecule has 33 heavy (non-hydrogen) atoms. The van der Waals surface area contributed by atoms with Gasteiger partial charge in [-0.05, 0) is 43.0 Å². The van der Waals surface area contributed by atoms with Crippen molar-refractivity contribution in [1.82, 2.24) is 8.87 Å². The highest BCUT2D eigenvalue weighted by molar-refractivity contribution is 7.89. The molecule has 174 valence electrons. The molecule has 1 saturated heterocycles. The van der Waals surface area contributed by atoms with Crippen molar-refractivity contribution in [2.24, 2.45) is 16.1 Å². The van der Waals surface area contributed by atoms with Gasteiger partial charge in [0, 0.05) is 30.6 Å². The van der Waals surface area contributed by atoms with Gasteiger partial charge in [0.1, 0.15) is 0 Å². The zero-order valence-corrected chi connectivity index (χ0v) is 19.6. The molecule has 0 atom stereocenters. The number of hydrogen-bond acceptors (Lipinski definition) is 5. The second kappa shape index (κ2) is 9.44. The number of sulfonamides is 1. The fraction of sp³-hybridized carbons (Fsp3) is 0.375. The van der Waals surface area contributed by atoms with Crippen LogP contribution in [0.4, 0.5) is 5.69 Å². The first kappa shape index (κ1) is 23.1. The lowest BCUT2D eigenvalue weighted by molar-refractivity contribution is 0.0995. The van der Waals surface area contributed by atoms with Crippen molar-refractivity contribution in [3.8, 4) is 5.88 Å². The van der Waals surface area contributed by atoms with Crippen LogP contribution in [0.2, 0.25) is 0 Å². The number of piperidine rings is 1. The quantitative estimate of drug-likeness (QED) is 0.508. The maximum Gasteiger partial charge on any atom is 0.295 e. The fourth-order valence-electron chi connectivity index (χ4n) is 4.12. The number of carbonyl (C=O) groups is 1. The van der Waals surface area contributed by atoms with Crippen molar-refractivity contribution >= 4 is 32.5 Å². The molecular formula is C24H28N4O4S. The van der Waals surface area contributed by atoms with E-state index < -0.39 is 15.9 Å². The number of amides is 1. The van der Waals surface area contributed by atoms with Crippen LogP contribution in [0.25, 0.3) is 10.9 Å². The zero-order chi connectivity index (χ0) is 23.6. The van der Waals surface area contributed by atoms with Gasteiger partial charge in [-0.15, -0.1) is 10.2 Å². The van der Waals surface area contributed by atoms with E-state index in [2.05, 4.69) is 10.2 Å². The number of benzene rings is 2. The van der Waals surface area contributed by atoms with E-state index in [1.54, 1.807) is 4.57 Å². The number of carbonyl (C=O) groups excluding carboxylic acids is 1. The molecule has 1 N–H and O–H groups in total. The second-order valence-electron chi connectivity index (χ2n) is 8.69. The summed E-state index contributed by atoms with van der Waals surface area (Å²) in [4.78, 5) is 12.8. The van der Waals surface area contributed by atoms with E-state index >= 15 is 0 Å². The molecule has 0 saturated carbocycles. The van der Waals surface area contributed by atoms with E-state index in [4.69, 9.17) is 0 Å². The smallest absolute Gasteiger partial charge is 0.295 e. The molecule has 1 aromatic heterocycles. The van der Waals surface area contributed by atoms with Gasteiger partial charge in [0.25, 0.3) is 5.91 Å². The summed E-state index contributed by atoms with van der Waals surface area (Å²) >= 11 is 0. The van der Waals surface area contributed by atoms with Crippen LogP contribution in [0.1, 0.15) is 43.5 Å². The first-order valence-electron chi connectivity index (χ1n) is 11.2. The topological polar surface area (TPSA) is 104 Å². The van der Waals surface area contributed by atoms with Gasteiger partial charge in [-0.2, -0.15) is 4.31 Å². The molecular weight excluding hydrogens is 440 g/mol. The van der Waals surface area contributed by atoms with Crippen molar-refractivity contribution in [1.29, 1.82) is 0 Å². The molecule has 1 aliphatic rings. The predicted octanol–water partition coefficient (Wildman–Crippen LogP) is 5.10. The molecule has 8 nitrogen and oxygen atoms in total. The monoisotopic (exact) mass is 468 g/mol. The fourth-order valence-corrected chi connectivity index (χ4v) is 5.68. The lowest BCUT2D eigenvalue weighted by atomic mass is 10.2. The van der Waals surface area contributed by atoms with Gasteiger partial charge in [0.05, 0.1) is 10.4 Å². The Labute approximate surface area is 193 Å². The van der Waals surface area contributed by atoms with Gasteiger partial charge < -0.3 is 9.67 Å². The number of aromatic nitrogens is 1. The molecule has 0 aliphatic carbocycles. The summed E-state index contributed by atoms with van der Waals surface area (Å²) < 4.78 is 29.1. The SMILES string of the molecule is CC(C)Cn1c(O)c(N=NC(=O)c2cccc(S(=O)(=O)N3CCCCC3)c2)c2ccccc21. The third-order valence-electron chi connectivity index (χ3n) is 5.74. The molecule has 4 rings (SSSR count). The lowest BCUT2D eigenvalue weighted by Gasteiger charge is -2.25. The third kappa shape index (κ3) is 4.69. The summed E-state index contributed by atoms with van der Waals surface area (Å²) in [6, 6.07) is 13.3. The average molecular weight is 469 g/mol.